The first-order valence-corrected chi connectivity index (χ1v) is 13.1. The molecule has 2 atom stereocenters. The summed E-state index contributed by atoms with van der Waals surface area (Å²) in [6, 6.07) is 10.5. The monoisotopic (exact) mass is 594 g/mol. The van der Waals surface area contributed by atoms with Gasteiger partial charge < -0.3 is 30.0 Å². The maximum atomic E-state index is 14.8. The van der Waals surface area contributed by atoms with Gasteiger partial charge in [-0.2, -0.15) is 13.2 Å². The molecule has 4 aromatic rings. The highest BCUT2D eigenvalue weighted by Crippen LogP contribution is 2.39. The number of hydrogen-bond donors (Lipinski definition) is 2. The number of carbonyl (C=O) groups excluding carboxylic acids is 1. The van der Waals surface area contributed by atoms with E-state index in [0.717, 1.165) is 16.5 Å². The largest absolute Gasteiger partial charge is 0.453 e. The van der Waals surface area contributed by atoms with Gasteiger partial charge in [-0.3, -0.25) is 9.97 Å². The number of methoxy groups -OCH3 is 1. The van der Waals surface area contributed by atoms with Gasteiger partial charge in [0.2, 0.25) is 6.23 Å². The number of ether oxygens (including phenoxy) is 4. The summed E-state index contributed by atoms with van der Waals surface area (Å²) in [5.41, 5.74) is 7.01. The van der Waals surface area contributed by atoms with Gasteiger partial charge in [0.25, 0.3) is 0 Å². The fraction of sp³-hybridized carbons (Fsp3) is 0.296. The van der Waals surface area contributed by atoms with Crippen molar-refractivity contribution in [2.24, 2.45) is 5.73 Å². The predicted octanol–water partition coefficient (Wildman–Crippen LogP) is 6.28. The second-order valence-corrected chi connectivity index (χ2v) is 9.70. The summed E-state index contributed by atoms with van der Waals surface area (Å²) in [6.45, 7) is 1.27. The summed E-state index contributed by atoms with van der Waals surface area (Å²) in [7, 11) is 1.50. The Balaban J connectivity index is 1.50. The average molecular weight is 595 g/mol. The van der Waals surface area contributed by atoms with E-state index in [1.54, 1.807) is 12.3 Å². The molecule has 0 aliphatic rings. The molecule has 9 nitrogen and oxygen atoms in total. The molecule has 218 valence electrons. The zero-order chi connectivity index (χ0) is 29.6. The third-order valence-electron chi connectivity index (χ3n) is 5.74. The van der Waals surface area contributed by atoms with E-state index >= 15 is 0 Å². The van der Waals surface area contributed by atoms with Crippen LogP contribution in [0.4, 0.5) is 28.0 Å². The number of halogens is 4. The molecule has 0 saturated heterocycles. The summed E-state index contributed by atoms with van der Waals surface area (Å²) < 4.78 is 75.5. The minimum Gasteiger partial charge on any atom is -0.453 e. The SMILES string of the molecule is CCOC(Nc1ccc(Oc2ccnc3cc(-c4ccc(CC(COC(N)=O)OC)cn4)sc23)c(F)c1)C(F)(F)F. The molecule has 0 aliphatic carbocycles. The Hall–Kier alpha value is -4.01. The van der Waals surface area contributed by atoms with Gasteiger partial charge in [0.1, 0.15) is 12.4 Å². The van der Waals surface area contributed by atoms with Gasteiger partial charge in [-0.05, 0) is 36.8 Å². The zero-order valence-electron chi connectivity index (χ0n) is 21.9. The van der Waals surface area contributed by atoms with Crippen molar-refractivity contribution in [1.29, 1.82) is 0 Å². The Morgan fingerprint density at radius 1 is 1.12 bits per heavy atom. The van der Waals surface area contributed by atoms with Gasteiger partial charge in [-0.15, -0.1) is 11.3 Å². The number of carbonyl (C=O) groups is 1. The molecule has 0 radical (unpaired) electrons. The van der Waals surface area contributed by atoms with E-state index in [2.05, 4.69) is 20.0 Å². The lowest BCUT2D eigenvalue weighted by Gasteiger charge is -2.22. The number of hydrogen-bond acceptors (Lipinski definition) is 9. The minimum absolute atomic E-state index is 0.0134. The van der Waals surface area contributed by atoms with Crippen molar-refractivity contribution in [3.8, 4) is 22.1 Å². The number of nitrogens with one attached hydrogen (secondary N) is 1. The minimum atomic E-state index is -4.68. The molecule has 0 aliphatic heterocycles. The first kappa shape index (κ1) is 30.0. The Labute approximate surface area is 236 Å². The van der Waals surface area contributed by atoms with Crippen LogP contribution in [0.15, 0.2) is 54.9 Å². The van der Waals surface area contributed by atoms with E-state index in [1.807, 2.05) is 18.2 Å². The second-order valence-electron chi connectivity index (χ2n) is 8.65. The lowest BCUT2D eigenvalue weighted by atomic mass is 10.1. The number of anilines is 1. The summed E-state index contributed by atoms with van der Waals surface area (Å²) in [5.74, 6) is -0.710. The van der Waals surface area contributed by atoms with Gasteiger partial charge >= 0.3 is 12.3 Å². The Morgan fingerprint density at radius 3 is 2.56 bits per heavy atom. The molecule has 2 unspecified atom stereocenters. The fourth-order valence-corrected chi connectivity index (χ4v) is 4.83. The molecule has 0 saturated carbocycles. The van der Waals surface area contributed by atoms with Crippen LogP contribution in [0.3, 0.4) is 0 Å². The Kier molecular flexibility index (Phi) is 9.57. The number of pyridine rings is 2. The van der Waals surface area contributed by atoms with E-state index in [0.29, 0.717) is 28.1 Å². The quantitative estimate of drug-likeness (QED) is 0.145. The van der Waals surface area contributed by atoms with Crippen molar-refractivity contribution in [3.05, 3.63) is 66.2 Å². The molecule has 0 bridgehead atoms. The summed E-state index contributed by atoms with van der Waals surface area (Å²) >= 11 is 1.34. The number of nitrogens with zero attached hydrogens (tertiary/aromatic N) is 2. The molecule has 0 spiro atoms. The van der Waals surface area contributed by atoms with E-state index in [1.165, 1.54) is 43.7 Å². The third-order valence-corrected chi connectivity index (χ3v) is 6.90. The van der Waals surface area contributed by atoms with Gasteiger partial charge in [0.05, 0.1) is 26.9 Å². The summed E-state index contributed by atoms with van der Waals surface area (Å²) in [5, 5.41) is 2.14. The Bertz CT molecular complexity index is 1480. The first-order valence-electron chi connectivity index (χ1n) is 12.3. The number of thiophene rings is 1. The normalized spacial score (nSPS) is 13.1. The van der Waals surface area contributed by atoms with E-state index < -0.39 is 24.3 Å². The van der Waals surface area contributed by atoms with Gasteiger partial charge in [-0.1, -0.05) is 6.07 Å². The maximum absolute atomic E-state index is 14.8. The van der Waals surface area contributed by atoms with Crippen LogP contribution in [-0.4, -0.2) is 54.9 Å². The number of benzene rings is 1. The van der Waals surface area contributed by atoms with Crippen molar-refractivity contribution >= 4 is 33.3 Å². The molecule has 1 amide bonds. The van der Waals surface area contributed by atoms with Crippen LogP contribution in [0, 0.1) is 5.82 Å². The van der Waals surface area contributed by atoms with Crippen LogP contribution >= 0.6 is 11.3 Å². The number of fused-ring (bicyclic) bond motifs is 1. The van der Waals surface area contributed by atoms with Crippen molar-refractivity contribution in [1.82, 2.24) is 9.97 Å². The van der Waals surface area contributed by atoms with Crippen molar-refractivity contribution in [2.75, 3.05) is 25.6 Å². The molecule has 4 rings (SSSR count). The van der Waals surface area contributed by atoms with Crippen LogP contribution in [0.25, 0.3) is 20.8 Å². The molecule has 3 N–H and O–H groups in total. The molecular formula is C27H26F4N4O5S. The number of rotatable bonds is 12. The van der Waals surface area contributed by atoms with E-state index in [9.17, 15) is 22.4 Å². The standard InChI is InChI=1S/C27H26F4N4O5S/c1-3-38-25(27(29,30)31)35-16-5-7-21(18(28)11-16)40-22-8-9-33-20-12-23(41-24(20)22)19-6-4-15(13-34-19)10-17(37-2)14-39-26(32)36/h4-9,11-13,17,25,35H,3,10,14H2,1-2H3,(H2,32,36). The zero-order valence-corrected chi connectivity index (χ0v) is 22.7. The lowest BCUT2D eigenvalue weighted by Crippen LogP contribution is -2.38. The molecule has 14 heteroatoms. The molecule has 41 heavy (non-hydrogen) atoms. The fourth-order valence-electron chi connectivity index (χ4n) is 3.79. The molecule has 3 aromatic heterocycles. The molecular weight excluding hydrogens is 568 g/mol. The first-order chi connectivity index (χ1) is 19.6. The summed E-state index contributed by atoms with van der Waals surface area (Å²) in [6.07, 6.45) is -4.58. The van der Waals surface area contributed by atoms with Crippen molar-refractivity contribution in [3.63, 3.8) is 0 Å². The van der Waals surface area contributed by atoms with Gasteiger partial charge in [0.15, 0.2) is 11.6 Å². The smallest absolute Gasteiger partial charge is 0.433 e. The van der Waals surface area contributed by atoms with Gasteiger partial charge in [0, 0.05) is 50.4 Å². The molecule has 1 aromatic carbocycles. The van der Waals surface area contributed by atoms with Gasteiger partial charge in [-0.25, -0.2) is 9.18 Å². The predicted molar refractivity (Wildman–Crippen MR) is 144 cm³/mol. The van der Waals surface area contributed by atoms with Crippen LogP contribution < -0.4 is 15.8 Å². The Morgan fingerprint density at radius 2 is 1.93 bits per heavy atom. The lowest BCUT2D eigenvalue weighted by molar-refractivity contribution is -0.209. The highest BCUT2D eigenvalue weighted by molar-refractivity contribution is 7.22. The highest BCUT2D eigenvalue weighted by atomic mass is 32.1. The average Bonchev–Trinajstić information content (AvgIpc) is 3.37. The number of nitrogens with two attached hydrogens (primary N) is 1. The number of amides is 1. The number of alkyl halides is 3. The van der Waals surface area contributed by atoms with Crippen LogP contribution in [0.5, 0.6) is 11.5 Å². The number of aromatic nitrogens is 2. The van der Waals surface area contributed by atoms with Crippen molar-refractivity contribution in [2.45, 2.75) is 31.9 Å². The number of primary amides is 1. The topological polar surface area (TPSA) is 118 Å². The van der Waals surface area contributed by atoms with E-state index in [-0.39, 0.29) is 30.8 Å². The third kappa shape index (κ3) is 7.80. The molecule has 0 fully saturated rings. The second kappa shape index (κ2) is 13.1. The maximum Gasteiger partial charge on any atom is 0.433 e. The van der Waals surface area contributed by atoms with Crippen molar-refractivity contribution < 1.29 is 41.3 Å². The van der Waals surface area contributed by atoms with Crippen LogP contribution in [-0.2, 0) is 20.6 Å². The van der Waals surface area contributed by atoms with Crippen LogP contribution in [0.1, 0.15) is 12.5 Å². The van der Waals surface area contributed by atoms with E-state index in [4.69, 9.17) is 19.9 Å². The highest BCUT2D eigenvalue weighted by Gasteiger charge is 2.40. The summed E-state index contributed by atoms with van der Waals surface area (Å²) in [4.78, 5) is 20.5. The molecule has 3 heterocycles. The van der Waals surface area contributed by atoms with Crippen LogP contribution in [0.2, 0.25) is 0 Å².